The molecule has 3 N–H and O–H groups in total. The van der Waals surface area contributed by atoms with Crippen LogP contribution in [-0.2, 0) is 25.7 Å². The molecule has 1 aromatic rings. The molecule has 6 atom stereocenters. The van der Waals surface area contributed by atoms with Crippen LogP contribution in [0.5, 0.6) is 0 Å². The van der Waals surface area contributed by atoms with Gasteiger partial charge in [-0.3, -0.25) is 14.4 Å². The summed E-state index contributed by atoms with van der Waals surface area (Å²) in [6.45, 7) is 9.60. The van der Waals surface area contributed by atoms with Crippen molar-refractivity contribution in [1.29, 1.82) is 0 Å². The molecule has 3 saturated heterocycles. The molecule has 2 bridgehead atoms. The molecule has 3 aliphatic rings. The van der Waals surface area contributed by atoms with Gasteiger partial charge >= 0.3 is 0 Å². The van der Waals surface area contributed by atoms with Gasteiger partial charge in [-0.1, -0.05) is 44.2 Å². The molecule has 3 amide bonds. The first-order valence-corrected chi connectivity index (χ1v) is 12.2. The van der Waals surface area contributed by atoms with Gasteiger partial charge in [-0.15, -0.1) is 0 Å². The normalized spacial score (nSPS) is 31.0. The van der Waals surface area contributed by atoms with Crippen LogP contribution < -0.4 is 10.6 Å². The Hall–Kier alpha value is -2.45. The summed E-state index contributed by atoms with van der Waals surface area (Å²) in [4.78, 5) is 42.4. The number of fused-ring (bicyclic) bond motifs is 1. The van der Waals surface area contributed by atoms with E-state index in [1.807, 2.05) is 65.0 Å². The van der Waals surface area contributed by atoms with E-state index >= 15 is 0 Å². The first-order chi connectivity index (χ1) is 16.0. The molecule has 4 rings (SSSR count). The fourth-order valence-corrected chi connectivity index (χ4v) is 6.01. The highest BCUT2D eigenvalue weighted by Crippen LogP contribution is 2.59. The molecule has 186 valence electrons. The lowest BCUT2D eigenvalue weighted by atomic mass is 9.70. The molecule has 1 aromatic carbocycles. The summed E-state index contributed by atoms with van der Waals surface area (Å²) in [5, 5.41) is 16.2. The number of amides is 3. The smallest absolute Gasteiger partial charge is 0.246 e. The molecule has 3 heterocycles. The summed E-state index contributed by atoms with van der Waals surface area (Å²) in [5.41, 5.74) is -0.596. The number of aliphatic hydroxyl groups excluding tert-OH is 1. The maximum atomic E-state index is 13.9. The van der Waals surface area contributed by atoms with Crippen LogP contribution in [0.4, 0.5) is 0 Å². The zero-order chi connectivity index (χ0) is 24.8. The third kappa shape index (κ3) is 4.11. The largest absolute Gasteiger partial charge is 0.394 e. The molecule has 34 heavy (non-hydrogen) atoms. The molecular weight excluding hydrogens is 434 g/mol. The van der Waals surface area contributed by atoms with E-state index in [9.17, 15) is 19.5 Å². The molecule has 0 aliphatic carbocycles. The van der Waals surface area contributed by atoms with Gasteiger partial charge in [0.1, 0.15) is 11.6 Å². The van der Waals surface area contributed by atoms with E-state index in [0.717, 1.165) is 5.56 Å². The second kappa shape index (κ2) is 8.96. The van der Waals surface area contributed by atoms with Crippen molar-refractivity contribution in [3.8, 4) is 0 Å². The van der Waals surface area contributed by atoms with E-state index in [-0.39, 0.29) is 30.2 Å². The van der Waals surface area contributed by atoms with E-state index in [0.29, 0.717) is 19.4 Å². The Bertz CT molecular complexity index is 944. The van der Waals surface area contributed by atoms with Crippen molar-refractivity contribution < 1.29 is 24.2 Å². The lowest BCUT2D eigenvalue weighted by Gasteiger charge is -2.39. The van der Waals surface area contributed by atoms with E-state index in [1.54, 1.807) is 0 Å². The number of likely N-dealkylation sites (tertiary alicyclic amines) is 1. The number of carbonyl (C=O) groups is 3. The standard InChI is InChI=1S/C26H37N3O5/c1-15(2)17(14-30)29-21(23(32)28-25(3,4)5)26-12-11-18(34-26)19(20(26)24(29)33)22(31)27-13-16-9-7-6-8-10-16/h6-10,15,17-21,30H,11-14H2,1-5H3,(H,27,31)(H,28,32)/t17-,18+,19-,20-,21?,26?/m0/s1. The van der Waals surface area contributed by atoms with Crippen LogP contribution in [-0.4, -0.2) is 63.7 Å². The van der Waals surface area contributed by atoms with E-state index in [4.69, 9.17) is 4.74 Å². The van der Waals surface area contributed by atoms with Gasteiger partial charge in [0.2, 0.25) is 17.7 Å². The minimum Gasteiger partial charge on any atom is -0.394 e. The predicted octanol–water partition coefficient (Wildman–Crippen LogP) is 1.61. The lowest BCUT2D eigenvalue weighted by molar-refractivity contribution is -0.147. The number of carbonyl (C=O) groups excluding carboxylic acids is 3. The van der Waals surface area contributed by atoms with Crippen molar-refractivity contribution in [2.45, 2.75) is 83.3 Å². The Kier molecular flexibility index (Phi) is 6.50. The van der Waals surface area contributed by atoms with Crippen molar-refractivity contribution in [3.05, 3.63) is 35.9 Å². The number of hydrogen-bond donors (Lipinski definition) is 3. The summed E-state index contributed by atoms with van der Waals surface area (Å²) in [6.07, 6.45) is 0.751. The van der Waals surface area contributed by atoms with Crippen LogP contribution in [0.15, 0.2) is 30.3 Å². The van der Waals surface area contributed by atoms with Crippen molar-refractivity contribution in [3.63, 3.8) is 0 Å². The molecule has 3 aliphatic heterocycles. The third-order valence-electron chi connectivity index (χ3n) is 7.41. The van der Waals surface area contributed by atoms with Crippen molar-refractivity contribution >= 4 is 17.7 Å². The van der Waals surface area contributed by atoms with Gasteiger partial charge in [-0.2, -0.15) is 0 Å². The van der Waals surface area contributed by atoms with Crippen molar-refractivity contribution in [2.24, 2.45) is 17.8 Å². The molecular formula is C26H37N3O5. The first kappa shape index (κ1) is 24.7. The molecule has 8 nitrogen and oxygen atoms in total. The van der Waals surface area contributed by atoms with Gasteiger partial charge in [0.15, 0.2) is 0 Å². The number of rotatable bonds is 7. The SMILES string of the molecule is CC(C)[C@H](CO)N1C(=O)[C@@H]2[C@@H](C(=O)NCc3ccccc3)[C@H]3CCC2(O3)C1C(=O)NC(C)(C)C. The Morgan fingerprint density at radius 3 is 2.47 bits per heavy atom. The zero-order valence-electron chi connectivity index (χ0n) is 20.7. The van der Waals surface area contributed by atoms with Gasteiger partial charge in [0, 0.05) is 12.1 Å². The third-order valence-corrected chi connectivity index (χ3v) is 7.41. The zero-order valence-corrected chi connectivity index (χ0v) is 20.7. The van der Waals surface area contributed by atoms with Gasteiger partial charge in [-0.05, 0) is 45.1 Å². The summed E-state index contributed by atoms with van der Waals surface area (Å²) >= 11 is 0. The fraction of sp³-hybridized carbons (Fsp3) is 0.654. The van der Waals surface area contributed by atoms with Crippen LogP contribution in [0.2, 0.25) is 0 Å². The number of benzene rings is 1. The molecule has 0 saturated carbocycles. The van der Waals surface area contributed by atoms with Crippen molar-refractivity contribution in [2.75, 3.05) is 6.61 Å². The molecule has 8 heteroatoms. The van der Waals surface area contributed by atoms with Crippen LogP contribution in [0.25, 0.3) is 0 Å². The maximum Gasteiger partial charge on any atom is 0.246 e. The fourth-order valence-electron chi connectivity index (χ4n) is 6.01. The van der Waals surface area contributed by atoms with Crippen LogP contribution in [0.3, 0.4) is 0 Å². The average Bonchev–Trinajstić information content (AvgIpc) is 3.40. The highest BCUT2D eigenvalue weighted by atomic mass is 16.5. The lowest BCUT2D eigenvalue weighted by Crippen LogP contribution is -2.61. The monoisotopic (exact) mass is 471 g/mol. The van der Waals surface area contributed by atoms with Crippen molar-refractivity contribution in [1.82, 2.24) is 15.5 Å². The molecule has 1 spiro atoms. The minimum absolute atomic E-state index is 0.0725. The van der Waals surface area contributed by atoms with Gasteiger partial charge < -0.3 is 25.4 Å². The highest BCUT2D eigenvalue weighted by Gasteiger charge is 2.75. The summed E-state index contributed by atoms with van der Waals surface area (Å²) in [7, 11) is 0. The number of nitrogens with one attached hydrogen (secondary N) is 2. The number of nitrogens with zero attached hydrogens (tertiary/aromatic N) is 1. The quantitative estimate of drug-likeness (QED) is 0.560. The Morgan fingerprint density at radius 1 is 1.21 bits per heavy atom. The number of hydrogen-bond acceptors (Lipinski definition) is 5. The summed E-state index contributed by atoms with van der Waals surface area (Å²) < 4.78 is 6.43. The second-order valence-corrected chi connectivity index (χ2v) is 11.2. The first-order valence-electron chi connectivity index (χ1n) is 12.2. The Labute approximate surface area is 201 Å². The molecule has 3 fully saturated rings. The predicted molar refractivity (Wildman–Crippen MR) is 126 cm³/mol. The van der Waals surface area contributed by atoms with Gasteiger partial charge in [0.05, 0.1) is 30.6 Å². The maximum absolute atomic E-state index is 13.9. The highest BCUT2D eigenvalue weighted by molar-refractivity contribution is 5.99. The van der Waals surface area contributed by atoms with Crippen LogP contribution >= 0.6 is 0 Å². The Morgan fingerprint density at radius 2 is 1.88 bits per heavy atom. The van der Waals surface area contributed by atoms with Gasteiger partial charge in [-0.25, -0.2) is 0 Å². The molecule has 2 unspecified atom stereocenters. The summed E-state index contributed by atoms with van der Waals surface area (Å²) in [5.74, 6) is -2.28. The number of ether oxygens (including phenoxy) is 1. The average molecular weight is 472 g/mol. The summed E-state index contributed by atoms with van der Waals surface area (Å²) in [6, 6.07) is 8.18. The van der Waals surface area contributed by atoms with E-state index in [2.05, 4.69) is 10.6 Å². The van der Waals surface area contributed by atoms with E-state index in [1.165, 1.54) is 4.90 Å². The van der Waals surface area contributed by atoms with Crippen LogP contribution in [0.1, 0.15) is 53.0 Å². The second-order valence-electron chi connectivity index (χ2n) is 11.2. The Balaban J connectivity index is 1.67. The topological polar surface area (TPSA) is 108 Å². The van der Waals surface area contributed by atoms with Crippen LogP contribution in [0, 0.1) is 17.8 Å². The van der Waals surface area contributed by atoms with Gasteiger partial charge in [0.25, 0.3) is 0 Å². The molecule has 0 aromatic heterocycles. The van der Waals surface area contributed by atoms with E-state index < -0.39 is 41.2 Å². The number of aliphatic hydroxyl groups is 1. The molecule has 0 radical (unpaired) electrons. The minimum atomic E-state index is -1.06.